The summed E-state index contributed by atoms with van der Waals surface area (Å²) in [5, 5.41) is 3.32. The first-order valence-corrected chi connectivity index (χ1v) is 5.02. The van der Waals surface area contributed by atoms with E-state index in [9.17, 15) is 0 Å². The molecule has 0 radical (unpaired) electrons. The molecule has 0 aromatic heterocycles. The van der Waals surface area contributed by atoms with Gasteiger partial charge in [0.25, 0.3) is 0 Å². The summed E-state index contributed by atoms with van der Waals surface area (Å²) in [6.07, 6.45) is 7.46. The molecule has 1 nitrogen and oxygen atoms in total. The van der Waals surface area contributed by atoms with Crippen LogP contribution in [0.1, 0.15) is 46.0 Å². The Morgan fingerprint density at radius 2 is 1.73 bits per heavy atom. The summed E-state index contributed by atoms with van der Waals surface area (Å²) in [5.74, 6) is 0. The minimum atomic E-state index is 0.855. The first-order chi connectivity index (χ1) is 5.35. The Kier molecular flexibility index (Phi) is 2.94. The van der Waals surface area contributed by atoms with Gasteiger partial charge in [-0.1, -0.05) is 20.3 Å². The van der Waals surface area contributed by atoms with E-state index in [2.05, 4.69) is 12.4 Å². The summed E-state index contributed by atoms with van der Waals surface area (Å²) in [5.41, 5.74) is 0.855. The van der Waals surface area contributed by atoms with Crippen molar-refractivity contribution in [3.05, 3.63) is 0 Å². The van der Waals surface area contributed by atoms with Crippen LogP contribution in [0.25, 0.3) is 0 Å². The van der Waals surface area contributed by atoms with Gasteiger partial charge in [-0.05, 0) is 38.1 Å². The lowest BCUT2D eigenvalue weighted by atomic mass is 9.54. The zero-order chi connectivity index (χ0) is 8.32. The third-order valence-electron chi connectivity index (χ3n) is 3.18. The summed E-state index contributed by atoms with van der Waals surface area (Å²) < 4.78 is 0. The van der Waals surface area contributed by atoms with Crippen molar-refractivity contribution in [2.45, 2.75) is 52.0 Å². The van der Waals surface area contributed by atoms with Crippen LogP contribution in [0.5, 0.6) is 0 Å². The minimum Gasteiger partial charge on any atom is -0.317 e. The standard InChI is InChI=1S/C8H15N.C2H6/c1-9-7-5-8(6-7)3-2-4-8;1-2/h7,9H,2-6H2,1H3;1-2H3. The third kappa shape index (κ3) is 1.58. The molecule has 0 aromatic carbocycles. The minimum absolute atomic E-state index is 0.855. The molecular weight excluding hydrogens is 134 g/mol. The van der Waals surface area contributed by atoms with Crippen LogP contribution in [0.3, 0.4) is 0 Å². The highest BCUT2D eigenvalue weighted by atomic mass is 14.9. The second-order valence-corrected chi connectivity index (χ2v) is 3.75. The van der Waals surface area contributed by atoms with E-state index >= 15 is 0 Å². The fourth-order valence-electron chi connectivity index (χ4n) is 2.27. The van der Waals surface area contributed by atoms with E-state index in [0.29, 0.717) is 0 Å². The van der Waals surface area contributed by atoms with Crippen LogP contribution >= 0.6 is 0 Å². The molecule has 0 unspecified atom stereocenters. The molecule has 11 heavy (non-hydrogen) atoms. The molecule has 2 saturated carbocycles. The van der Waals surface area contributed by atoms with E-state index < -0.39 is 0 Å². The molecule has 2 rings (SSSR count). The Balaban J connectivity index is 0.000000281. The predicted molar refractivity (Wildman–Crippen MR) is 49.7 cm³/mol. The van der Waals surface area contributed by atoms with Crippen molar-refractivity contribution in [1.29, 1.82) is 0 Å². The molecule has 1 heteroatoms. The SMILES string of the molecule is CC.CNC1CC2(CCC2)C1. The van der Waals surface area contributed by atoms with Crippen molar-refractivity contribution in [3.63, 3.8) is 0 Å². The average Bonchev–Trinajstić information content (AvgIpc) is 1.87. The normalized spacial score (nSPS) is 26.5. The van der Waals surface area contributed by atoms with Gasteiger partial charge in [0.1, 0.15) is 0 Å². The summed E-state index contributed by atoms with van der Waals surface area (Å²) in [6.45, 7) is 4.00. The molecule has 0 aromatic rings. The number of hydrogen-bond acceptors (Lipinski definition) is 1. The molecule has 2 aliphatic rings. The lowest BCUT2D eigenvalue weighted by Crippen LogP contribution is -2.51. The topological polar surface area (TPSA) is 12.0 Å². The van der Waals surface area contributed by atoms with Crippen molar-refractivity contribution in [3.8, 4) is 0 Å². The molecule has 1 N–H and O–H groups in total. The number of nitrogens with one attached hydrogen (secondary N) is 1. The number of hydrogen-bond donors (Lipinski definition) is 1. The Morgan fingerprint density at radius 3 is 2.00 bits per heavy atom. The summed E-state index contributed by atoms with van der Waals surface area (Å²) in [4.78, 5) is 0. The van der Waals surface area contributed by atoms with E-state index in [0.717, 1.165) is 11.5 Å². The van der Waals surface area contributed by atoms with Gasteiger partial charge >= 0.3 is 0 Å². The molecule has 0 bridgehead atoms. The van der Waals surface area contributed by atoms with Crippen LogP contribution in [0.15, 0.2) is 0 Å². The van der Waals surface area contributed by atoms with E-state index in [4.69, 9.17) is 0 Å². The van der Waals surface area contributed by atoms with Crippen molar-refractivity contribution in [2.75, 3.05) is 7.05 Å². The zero-order valence-electron chi connectivity index (χ0n) is 8.11. The molecule has 0 atom stereocenters. The predicted octanol–water partition coefficient (Wildman–Crippen LogP) is 2.56. The van der Waals surface area contributed by atoms with Gasteiger partial charge in [0.05, 0.1) is 0 Å². The van der Waals surface area contributed by atoms with Crippen LogP contribution in [-0.4, -0.2) is 13.1 Å². The first-order valence-electron chi connectivity index (χ1n) is 5.02. The van der Waals surface area contributed by atoms with Crippen molar-refractivity contribution in [1.82, 2.24) is 5.32 Å². The Hall–Kier alpha value is -0.0400. The summed E-state index contributed by atoms with van der Waals surface area (Å²) in [7, 11) is 2.08. The van der Waals surface area contributed by atoms with Crippen molar-refractivity contribution < 1.29 is 0 Å². The molecule has 2 aliphatic carbocycles. The lowest BCUT2D eigenvalue weighted by molar-refractivity contribution is 0.000771. The maximum absolute atomic E-state index is 3.32. The zero-order valence-corrected chi connectivity index (χ0v) is 8.11. The van der Waals surface area contributed by atoms with Crippen LogP contribution in [0.4, 0.5) is 0 Å². The molecule has 0 aliphatic heterocycles. The quantitative estimate of drug-likeness (QED) is 0.613. The Bertz CT molecular complexity index is 108. The second-order valence-electron chi connectivity index (χ2n) is 3.75. The smallest absolute Gasteiger partial charge is 0.00746 e. The monoisotopic (exact) mass is 155 g/mol. The molecule has 0 amide bonds. The highest BCUT2D eigenvalue weighted by Gasteiger charge is 2.47. The molecule has 0 heterocycles. The van der Waals surface area contributed by atoms with Gasteiger partial charge in [-0.2, -0.15) is 0 Å². The van der Waals surface area contributed by atoms with Crippen LogP contribution in [-0.2, 0) is 0 Å². The Labute approximate surface area is 70.6 Å². The fourth-order valence-corrected chi connectivity index (χ4v) is 2.27. The van der Waals surface area contributed by atoms with Crippen molar-refractivity contribution >= 4 is 0 Å². The molecule has 0 saturated heterocycles. The average molecular weight is 155 g/mol. The van der Waals surface area contributed by atoms with E-state index in [1.54, 1.807) is 0 Å². The van der Waals surface area contributed by atoms with Crippen LogP contribution < -0.4 is 5.32 Å². The molecule has 66 valence electrons. The summed E-state index contributed by atoms with van der Waals surface area (Å²) in [6, 6.07) is 0.866. The van der Waals surface area contributed by atoms with E-state index in [1.807, 2.05) is 13.8 Å². The van der Waals surface area contributed by atoms with Gasteiger partial charge in [0.2, 0.25) is 0 Å². The summed E-state index contributed by atoms with van der Waals surface area (Å²) >= 11 is 0. The molecule has 1 spiro atoms. The van der Waals surface area contributed by atoms with Crippen LogP contribution in [0, 0.1) is 5.41 Å². The van der Waals surface area contributed by atoms with E-state index in [1.165, 1.54) is 32.1 Å². The van der Waals surface area contributed by atoms with Crippen molar-refractivity contribution in [2.24, 2.45) is 5.41 Å². The van der Waals surface area contributed by atoms with Crippen LogP contribution in [0.2, 0.25) is 0 Å². The van der Waals surface area contributed by atoms with Gasteiger partial charge in [-0.25, -0.2) is 0 Å². The van der Waals surface area contributed by atoms with Gasteiger partial charge in [-0.3, -0.25) is 0 Å². The highest BCUT2D eigenvalue weighted by molar-refractivity contribution is 5.01. The highest BCUT2D eigenvalue weighted by Crippen LogP contribution is 2.55. The first kappa shape index (κ1) is 9.05. The lowest BCUT2D eigenvalue weighted by Gasteiger charge is -2.54. The van der Waals surface area contributed by atoms with E-state index in [-0.39, 0.29) is 0 Å². The van der Waals surface area contributed by atoms with Gasteiger partial charge in [-0.15, -0.1) is 0 Å². The van der Waals surface area contributed by atoms with Gasteiger partial charge < -0.3 is 5.32 Å². The second kappa shape index (κ2) is 3.57. The fraction of sp³-hybridized carbons (Fsp3) is 1.00. The third-order valence-corrected chi connectivity index (χ3v) is 3.18. The maximum Gasteiger partial charge on any atom is 0.00746 e. The largest absolute Gasteiger partial charge is 0.317 e. The van der Waals surface area contributed by atoms with Gasteiger partial charge in [0, 0.05) is 6.04 Å². The molecular formula is C10H21N. The van der Waals surface area contributed by atoms with Gasteiger partial charge in [0.15, 0.2) is 0 Å². The molecule has 2 fully saturated rings. The maximum atomic E-state index is 3.32. The Morgan fingerprint density at radius 1 is 1.18 bits per heavy atom. The number of rotatable bonds is 1.